The zero-order valence-electron chi connectivity index (χ0n) is 17.6. The van der Waals surface area contributed by atoms with Crippen molar-refractivity contribution in [2.45, 2.75) is 89.4 Å². The first kappa shape index (κ1) is 25.7. The van der Waals surface area contributed by atoms with Crippen molar-refractivity contribution in [3.8, 4) is 0 Å². The maximum atomic E-state index is 11.4. The van der Waals surface area contributed by atoms with Crippen molar-refractivity contribution in [1.29, 1.82) is 0 Å². The van der Waals surface area contributed by atoms with Crippen LogP contribution in [-0.2, 0) is 19.0 Å². The van der Waals surface area contributed by atoms with Gasteiger partial charge in [-0.3, -0.25) is 0 Å². The number of hydrogen-bond acceptors (Lipinski definition) is 8. The zero-order chi connectivity index (χ0) is 21.5. The largest absolute Gasteiger partial charge is 0.499 e. The number of rotatable bonds is 18. The summed E-state index contributed by atoms with van der Waals surface area (Å²) in [5, 5.41) is 38.1. The molecule has 0 aliphatic carbocycles. The molecule has 0 saturated carbocycles. The van der Waals surface area contributed by atoms with Crippen LogP contribution in [0, 0.1) is 0 Å². The number of carbonyl (C=O) groups is 1. The standard InChI is InChI=1S/C21H38O8/c1-2-3-4-5-6-7-8-9-10-11-12-27-14-16(23)15-28-20-18(25)21(26)29-19(20)17(24)13-22/h16-17,19,22-25H,2-15H2,1H3. The fourth-order valence-electron chi connectivity index (χ4n) is 3.10. The van der Waals surface area contributed by atoms with E-state index in [4.69, 9.17) is 19.3 Å². The number of hydrogen-bond donors (Lipinski definition) is 4. The average Bonchev–Trinajstić information content (AvgIpc) is 3.00. The van der Waals surface area contributed by atoms with E-state index in [1.54, 1.807) is 0 Å². The Bertz CT molecular complexity index is 479. The minimum Gasteiger partial charge on any atom is -0.499 e. The van der Waals surface area contributed by atoms with Crippen LogP contribution < -0.4 is 0 Å². The smallest absolute Gasteiger partial charge is 0.378 e. The van der Waals surface area contributed by atoms with Crippen molar-refractivity contribution in [3.63, 3.8) is 0 Å². The lowest BCUT2D eigenvalue weighted by atomic mass is 10.1. The van der Waals surface area contributed by atoms with Crippen LogP contribution in [-0.4, -0.2) is 71.1 Å². The number of unbranched alkanes of at least 4 members (excludes halogenated alkanes) is 9. The van der Waals surface area contributed by atoms with Crippen LogP contribution in [0.1, 0.15) is 71.1 Å². The van der Waals surface area contributed by atoms with Crippen molar-refractivity contribution in [2.75, 3.05) is 26.4 Å². The molecule has 170 valence electrons. The van der Waals surface area contributed by atoms with Gasteiger partial charge in [-0.2, -0.15) is 0 Å². The van der Waals surface area contributed by atoms with Crippen LogP contribution in [0.25, 0.3) is 0 Å². The molecular weight excluding hydrogens is 380 g/mol. The lowest BCUT2D eigenvalue weighted by molar-refractivity contribution is -0.148. The lowest BCUT2D eigenvalue weighted by Crippen LogP contribution is -2.33. The molecule has 3 unspecified atom stereocenters. The van der Waals surface area contributed by atoms with E-state index >= 15 is 0 Å². The van der Waals surface area contributed by atoms with Crippen LogP contribution in [0.15, 0.2) is 11.5 Å². The molecule has 0 aromatic rings. The summed E-state index contributed by atoms with van der Waals surface area (Å²) in [4.78, 5) is 11.4. The summed E-state index contributed by atoms with van der Waals surface area (Å²) in [5.41, 5.74) is 0. The molecule has 0 fully saturated rings. The summed E-state index contributed by atoms with van der Waals surface area (Å²) in [6.45, 7) is 1.94. The van der Waals surface area contributed by atoms with Gasteiger partial charge in [0.1, 0.15) is 18.8 Å². The molecule has 0 saturated heterocycles. The number of esters is 1. The monoisotopic (exact) mass is 418 g/mol. The zero-order valence-corrected chi connectivity index (χ0v) is 17.6. The third-order valence-corrected chi connectivity index (χ3v) is 4.84. The van der Waals surface area contributed by atoms with Gasteiger partial charge in [-0.15, -0.1) is 0 Å². The Morgan fingerprint density at radius 3 is 2.14 bits per heavy atom. The van der Waals surface area contributed by atoms with E-state index in [0.29, 0.717) is 6.61 Å². The second-order valence-electron chi connectivity index (χ2n) is 7.51. The molecule has 8 heteroatoms. The molecule has 0 spiro atoms. The maximum Gasteiger partial charge on any atom is 0.378 e. The van der Waals surface area contributed by atoms with E-state index in [9.17, 15) is 20.1 Å². The molecule has 1 aliphatic heterocycles. The highest BCUT2D eigenvalue weighted by Gasteiger charge is 2.40. The quantitative estimate of drug-likeness (QED) is 0.197. The third-order valence-electron chi connectivity index (χ3n) is 4.84. The van der Waals surface area contributed by atoms with E-state index < -0.39 is 36.6 Å². The SMILES string of the molecule is CCCCCCCCCCCCOCC(O)COC1=C(O)C(=O)OC1C(O)CO. The van der Waals surface area contributed by atoms with Crippen LogP contribution in [0.3, 0.4) is 0 Å². The summed E-state index contributed by atoms with van der Waals surface area (Å²) in [7, 11) is 0. The van der Waals surface area contributed by atoms with Crippen LogP contribution in [0.2, 0.25) is 0 Å². The molecule has 0 aromatic carbocycles. The van der Waals surface area contributed by atoms with Crippen molar-refractivity contribution in [3.05, 3.63) is 11.5 Å². The Hall–Kier alpha value is -1.35. The third kappa shape index (κ3) is 10.3. The molecule has 0 radical (unpaired) electrons. The Morgan fingerprint density at radius 2 is 1.55 bits per heavy atom. The molecular formula is C21H38O8. The van der Waals surface area contributed by atoms with Crippen LogP contribution in [0.4, 0.5) is 0 Å². The predicted octanol–water partition coefficient (Wildman–Crippen LogP) is 2.35. The van der Waals surface area contributed by atoms with Crippen molar-refractivity contribution in [2.24, 2.45) is 0 Å². The Morgan fingerprint density at radius 1 is 0.966 bits per heavy atom. The van der Waals surface area contributed by atoms with E-state index in [0.717, 1.165) is 12.8 Å². The van der Waals surface area contributed by atoms with Gasteiger partial charge < -0.3 is 34.6 Å². The fraction of sp³-hybridized carbons (Fsp3) is 0.857. The summed E-state index contributed by atoms with van der Waals surface area (Å²) in [6.07, 6.45) is 8.74. The molecule has 0 aromatic heterocycles. The second-order valence-corrected chi connectivity index (χ2v) is 7.51. The average molecular weight is 419 g/mol. The van der Waals surface area contributed by atoms with E-state index in [1.165, 1.54) is 51.4 Å². The summed E-state index contributed by atoms with van der Waals surface area (Å²) in [5.74, 6) is -2.09. The number of cyclic esters (lactones) is 1. The maximum absolute atomic E-state index is 11.4. The molecule has 4 N–H and O–H groups in total. The van der Waals surface area contributed by atoms with Gasteiger partial charge in [-0.1, -0.05) is 64.7 Å². The van der Waals surface area contributed by atoms with Gasteiger partial charge >= 0.3 is 5.97 Å². The van der Waals surface area contributed by atoms with Gasteiger partial charge in [0.05, 0.1) is 13.2 Å². The normalized spacial score (nSPS) is 18.8. The van der Waals surface area contributed by atoms with Gasteiger partial charge in [0, 0.05) is 6.61 Å². The Kier molecular flexibility index (Phi) is 13.7. The molecule has 1 aliphatic rings. The lowest BCUT2D eigenvalue weighted by Gasteiger charge is -2.19. The number of carbonyl (C=O) groups excluding carboxylic acids is 1. The number of aliphatic hydroxyl groups excluding tert-OH is 4. The molecule has 0 bridgehead atoms. The van der Waals surface area contributed by atoms with Crippen molar-refractivity contribution in [1.82, 2.24) is 0 Å². The van der Waals surface area contributed by atoms with E-state index in [1.807, 2.05) is 0 Å². The first-order valence-corrected chi connectivity index (χ1v) is 10.8. The van der Waals surface area contributed by atoms with Crippen molar-refractivity contribution < 1.29 is 39.4 Å². The topological polar surface area (TPSA) is 126 Å². The first-order chi connectivity index (χ1) is 14.0. The van der Waals surface area contributed by atoms with E-state index in [2.05, 4.69) is 6.92 Å². The fourth-order valence-corrected chi connectivity index (χ4v) is 3.10. The number of ether oxygens (including phenoxy) is 3. The van der Waals surface area contributed by atoms with E-state index in [-0.39, 0.29) is 19.0 Å². The molecule has 29 heavy (non-hydrogen) atoms. The highest BCUT2D eigenvalue weighted by molar-refractivity contribution is 5.89. The minimum atomic E-state index is -1.41. The van der Waals surface area contributed by atoms with Gasteiger partial charge in [0.15, 0.2) is 11.9 Å². The second kappa shape index (κ2) is 15.5. The summed E-state index contributed by atoms with van der Waals surface area (Å²) >= 11 is 0. The van der Waals surface area contributed by atoms with Gasteiger partial charge in [-0.05, 0) is 6.42 Å². The molecule has 1 heterocycles. The molecule has 8 nitrogen and oxygen atoms in total. The van der Waals surface area contributed by atoms with Gasteiger partial charge in [0.2, 0.25) is 5.76 Å². The van der Waals surface area contributed by atoms with Crippen LogP contribution in [0.5, 0.6) is 0 Å². The minimum absolute atomic E-state index is 0.0630. The van der Waals surface area contributed by atoms with Crippen LogP contribution >= 0.6 is 0 Å². The highest BCUT2D eigenvalue weighted by Crippen LogP contribution is 2.25. The van der Waals surface area contributed by atoms with Gasteiger partial charge in [-0.25, -0.2) is 4.79 Å². The highest BCUT2D eigenvalue weighted by atomic mass is 16.6. The number of aliphatic hydroxyl groups is 4. The Balaban J connectivity index is 2.05. The predicted molar refractivity (Wildman–Crippen MR) is 107 cm³/mol. The first-order valence-electron chi connectivity index (χ1n) is 10.8. The summed E-state index contributed by atoms with van der Waals surface area (Å²) in [6, 6.07) is 0. The molecule has 1 rings (SSSR count). The summed E-state index contributed by atoms with van der Waals surface area (Å²) < 4.78 is 15.4. The molecule has 0 amide bonds. The van der Waals surface area contributed by atoms with Gasteiger partial charge in [0.25, 0.3) is 0 Å². The molecule has 3 atom stereocenters. The van der Waals surface area contributed by atoms with Crippen molar-refractivity contribution >= 4 is 5.97 Å². The Labute approximate surface area is 173 Å².